The van der Waals surface area contributed by atoms with Gasteiger partial charge in [-0.05, 0) is 0 Å². The number of aliphatic hydroxyl groups excluding tert-OH is 1. The van der Waals surface area contributed by atoms with Crippen molar-refractivity contribution in [2.24, 2.45) is 0 Å². The maximum atomic E-state index is 9.44. The van der Waals surface area contributed by atoms with Crippen LogP contribution in [0, 0.1) is 0 Å². The summed E-state index contributed by atoms with van der Waals surface area (Å²) in [4.78, 5) is 11.7. The van der Waals surface area contributed by atoms with Crippen molar-refractivity contribution in [3.8, 4) is 12.0 Å². The predicted molar refractivity (Wildman–Crippen MR) is 59.3 cm³/mol. The third-order valence-electron chi connectivity index (χ3n) is 1.81. The zero-order chi connectivity index (χ0) is 12.7. The SMILES string of the molecule is COCC(O)CNc1nc(OC)nc(OC)n1. The van der Waals surface area contributed by atoms with Crippen LogP contribution < -0.4 is 14.8 Å². The lowest BCUT2D eigenvalue weighted by molar-refractivity contribution is 0.0726. The highest BCUT2D eigenvalue weighted by Crippen LogP contribution is 2.11. The molecule has 96 valence electrons. The molecule has 0 aliphatic rings. The fourth-order valence-corrected chi connectivity index (χ4v) is 1.06. The topological polar surface area (TPSA) is 98.6 Å². The molecule has 0 amide bonds. The Hall–Kier alpha value is -1.67. The van der Waals surface area contributed by atoms with E-state index in [0.717, 1.165) is 0 Å². The maximum absolute atomic E-state index is 9.44. The molecular weight excluding hydrogens is 228 g/mol. The predicted octanol–water partition coefficient (Wildman–Crippen LogP) is -0.692. The Bertz CT molecular complexity index is 328. The number of anilines is 1. The first-order valence-corrected chi connectivity index (χ1v) is 4.94. The Morgan fingerprint density at radius 1 is 1.12 bits per heavy atom. The van der Waals surface area contributed by atoms with Gasteiger partial charge < -0.3 is 24.6 Å². The molecule has 1 atom stereocenters. The van der Waals surface area contributed by atoms with Crippen molar-refractivity contribution in [2.45, 2.75) is 6.10 Å². The first-order valence-electron chi connectivity index (χ1n) is 4.94. The smallest absolute Gasteiger partial charge is 0.324 e. The average molecular weight is 244 g/mol. The summed E-state index contributed by atoms with van der Waals surface area (Å²) in [5.41, 5.74) is 0. The summed E-state index contributed by atoms with van der Waals surface area (Å²) in [7, 11) is 4.40. The van der Waals surface area contributed by atoms with Crippen LogP contribution in [0.1, 0.15) is 0 Å². The van der Waals surface area contributed by atoms with Crippen LogP contribution in [0.2, 0.25) is 0 Å². The van der Waals surface area contributed by atoms with E-state index in [2.05, 4.69) is 20.3 Å². The van der Waals surface area contributed by atoms with Gasteiger partial charge in [-0.1, -0.05) is 0 Å². The number of hydrogen-bond acceptors (Lipinski definition) is 8. The Balaban J connectivity index is 2.63. The Morgan fingerprint density at radius 2 is 1.71 bits per heavy atom. The quantitative estimate of drug-likeness (QED) is 0.650. The highest BCUT2D eigenvalue weighted by Gasteiger charge is 2.08. The molecule has 0 saturated heterocycles. The molecule has 1 heterocycles. The molecule has 0 radical (unpaired) electrons. The van der Waals surface area contributed by atoms with E-state index in [-0.39, 0.29) is 31.1 Å². The lowest BCUT2D eigenvalue weighted by Gasteiger charge is -2.11. The van der Waals surface area contributed by atoms with Crippen molar-refractivity contribution >= 4 is 5.95 Å². The van der Waals surface area contributed by atoms with E-state index in [1.807, 2.05) is 0 Å². The van der Waals surface area contributed by atoms with Gasteiger partial charge in [-0.3, -0.25) is 0 Å². The minimum Gasteiger partial charge on any atom is -0.467 e. The van der Waals surface area contributed by atoms with E-state index in [1.54, 1.807) is 0 Å². The van der Waals surface area contributed by atoms with E-state index in [9.17, 15) is 5.11 Å². The van der Waals surface area contributed by atoms with Gasteiger partial charge in [0.15, 0.2) is 0 Å². The second-order valence-electron chi connectivity index (χ2n) is 3.12. The van der Waals surface area contributed by atoms with Crippen LogP contribution in [-0.2, 0) is 4.74 Å². The van der Waals surface area contributed by atoms with Gasteiger partial charge in [0.2, 0.25) is 5.95 Å². The Morgan fingerprint density at radius 3 is 2.18 bits per heavy atom. The van der Waals surface area contributed by atoms with Gasteiger partial charge >= 0.3 is 12.0 Å². The van der Waals surface area contributed by atoms with E-state index < -0.39 is 6.10 Å². The van der Waals surface area contributed by atoms with E-state index in [4.69, 9.17) is 14.2 Å². The standard InChI is InChI=1S/C9H16N4O4/c1-15-5-6(14)4-10-7-11-8(16-2)13-9(12-7)17-3/h6,14H,4-5H2,1-3H3,(H,10,11,12,13). The number of hydrogen-bond donors (Lipinski definition) is 2. The van der Waals surface area contributed by atoms with Crippen LogP contribution in [0.15, 0.2) is 0 Å². The van der Waals surface area contributed by atoms with Gasteiger partial charge in [0, 0.05) is 13.7 Å². The van der Waals surface area contributed by atoms with Gasteiger partial charge in [-0.25, -0.2) is 0 Å². The van der Waals surface area contributed by atoms with Gasteiger partial charge in [0.05, 0.1) is 26.9 Å². The summed E-state index contributed by atoms with van der Waals surface area (Å²) in [6, 6.07) is 0.279. The summed E-state index contributed by atoms with van der Waals surface area (Å²) in [6.45, 7) is 0.483. The zero-order valence-electron chi connectivity index (χ0n) is 10.0. The van der Waals surface area contributed by atoms with Crippen molar-refractivity contribution in [2.75, 3.05) is 39.8 Å². The lowest BCUT2D eigenvalue weighted by Crippen LogP contribution is -2.25. The highest BCUT2D eigenvalue weighted by molar-refractivity contribution is 5.27. The molecule has 8 nitrogen and oxygen atoms in total. The van der Waals surface area contributed by atoms with Crippen LogP contribution in [-0.4, -0.2) is 60.6 Å². The largest absolute Gasteiger partial charge is 0.467 e. The second kappa shape index (κ2) is 6.81. The molecule has 1 aromatic rings. The third-order valence-corrected chi connectivity index (χ3v) is 1.81. The van der Waals surface area contributed by atoms with E-state index >= 15 is 0 Å². The van der Waals surface area contributed by atoms with Crippen molar-refractivity contribution in [3.63, 3.8) is 0 Å². The van der Waals surface area contributed by atoms with Gasteiger partial charge in [0.1, 0.15) is 0 Å². The number of nitrogens with one attached hydrogen (secondary N) is 1. The van der Waals surface area contributed by atoms with Crippen molar-refractivity contribution in [1.82, 2.24) is 15.0 Å². The zero-order valence-corrected chi connectivity index (χ0v) is 10.0. The minimum atomic E-state index is -0.645. The molecule has 1 aromatic heterocycles. The Labute approximate surface area is 99.0 Å². The number of aromatic nitrogens is 3. The summed E-state index contributed by atoms with van der Waals surface area (Å²) >= 11 is 0. The molecule has 0 fully saturated rings. The molecule has 8 heteroatoms. The first kappa shape index (κ1) is 13.4. The molecule has 0 aromatic carbocycles. The molecule has 0 spiro atoms. The summed E-state index contributed by atoms with van der Waals surface area (Å²) < 4.78 is 14.6. The monoisotopic (exact) mass is 244 g/mol. The van der Waals surface area contributed by atoms with Gasteiger partial charge in [-0.2, -0.15) is 9.97 Å². The number of methoxy groups -OCH3 is 3. The second-order valence-corrected chi connectivity index (χ2v) is 3.12. The van der Waals surface area contributed by atoms with Gasteiger partial charge in [-0.15, -0.1) is 4.98 Å². The number of aliphatic hydroxyl groups is 1. The minimum absolute atomic E-state index is 0.139. The van der Waals surface area contributed by atoms with Crippen LogP contribution in [0.5, 0.6) is 12.0 Å². The number of nitrogens with zero attached hydrogens (tertiary/aromatic N) is 3. The number of ether oxygens (including phenoxy) is 3. The molecule has 1 unspecified atom stereocenters. The molecule has 0 bridgehead atoms. The van der Waals surface area contributed by atoms with Crippen molar-refractivity contribution in [3.05, 3.63) is 0 Å². The number of rotatable bonds is 7. The van der Waals surface area contributed by atoms with Gasteiger partial charge in [0.25, 0.3) is 0 Å². The van der Waals surface area contributed by atoms with Crippen molar-refractivity contribution in [1.29, 1.82) is 0 Å². The molecule has 0 saturated carbocycles. The Kier molecular flexibility index (Phi) is 5.37. The first-order chi connectivity index (χ1) is 8.19. The van der Waals surface area contributed by atoms with Crippen LogP contribution in [0.4, 0.5) is 5.95 Å². The molecule has 2 N–H and O–H groups in total. The van der Waals surface area contributed by atoms with Crippen LogP contribution in [0.25, 0.3) is 0 Å². The van der Waals surface area contributed by atoms with E-state index in [0.29, 0.717) is 0 Å². The summed E-state index contributed by atoms with van der Waals surface area (Å²) in [5, 5.41) is 12.3. The van der Waals surface area contributed by atoms with E-state index in [1.165, 1.54) is 21.3 Å². The molecule has 0 aliphatic carbocycles. The van der Waals surface area contributed by atoms with Crippen LogP contribution >= 0.6 is 0 Å². The van der Waals surface area contributed by atoms with Crippen molar-refractivity contribution < 1.29 is 19.3 Å². The fraction of sp³-hybridized carbons (Fsp3) is 0.667. The normalized spacial score (nSPS) is 12.0. The van der Waals surface area contributed by atoms with Crippen LogP contribution in [0.3, 0.4) is 0 Å². The summed E-state index contributed by atoms with van der Waals surface area (Å²) in [5.74, 6) is 0.267. The lowest BCUT2D eigenvalue weighted by atomic mass is 10.4. The third kappa shape index (κ3) is 4.37. The maximum Gasteiger partial charge on any atom is 0.324 e. The molecule has 17 heavy (non-hydrogen) atoms. The fourth-order valence-electron chi connectivity index (χ4n) is 1.06. The highest BCUT2D eigenvalue weighted by atomic mass is 16.5. The molecule has 0 aliphatic heterocycles. The molecule has 1 rings (SSSR count). The summed E-state index contributed by atoms with van der Waals surface area (Å²) in [6.07, 6.45) is -0.645. The average Bonchev–Trinajstić information content (AvgIpc) is 2.36. The molecular formula is C9H16N4O4.